The Bertz CT molecular complexity index is 122. The van der Waals surface area contributed by atoms with Gasteiger partial charge in [-0.3, -0.25) is 0 Å². The quantitative estimate of drug-likeness (QED) is 0.513. The summed E-state index contributed by atoms with van der Waals surface area (Å²) < 4.78 is 0. The number of rotatable bonds is 2. The van der Waals surface area contributed by atoms with Gasteiger partial charge in [-0.1, -0.05) is 26.0 Å². The lowest BCUT2D eigenvalue weighted by atomic mass is 9.96. The molecule has 1 fully saturated rings. The van der Waals surface area contributed by atoms with E-state index in [1.165, 1.54) is 31.3 Å². The second-order valence-electron chi connectivity index (χ2n) is 3.99. The van der Waals surface area contributed by atoms with E-state index in [4.69, 9.17) is 0 Å². The molecule has 0 radical (unpaired) electrons. The van der Waals surface area contributed by atoms with Gasteiger partial charge in [0.15, 0.2) is 0 Å². The van der Waals surface area contributed by atoms with Crippen LogP contribution >= 0.6 is 0 Å². The van der Waals surface area contributed by atoms with Crippen LogP contribution in [0.5, 0.6) is 0 Å². The first kappa shape index (κ1) is 7.84. The summed E-state index contributed by atoms with van der Waals surface area (Å²) in [6.07, 6.45) is 5.39. The van der Waals surface area contributed by atoms with E-state index in [-0.39, 0.29) is 0 Å². The van der Waals surface area contributed by atoms with Crippen LogP contribution in [0.1, 0.15) is 39.5 Å². The minimum atomic E-state index is 0.871. The molecule has 0 unspecified atom stereocenters. The number of allylic oxidation sites excluding steroid dienone is 1. The maximum absolute atomic E-state index is 4.01. The van der Waals surface area contributed by atoms with Crippen molar-refractivity contribution >= 4 is 0 Å². The van der Waals surface area contributed by atoms with Crippen LogP contribution in [-0.2, 0) is 0 Å². The lowest BCUT2D eigenvalue weighted by Gasteiger charge is -2.10. The monoisotopic (exact) mass is 138 g/mol. The molecule has 1 rings (SSSR count). The van der Waals surface area contributed by atoms with Gasteiger partial charge in [-0.2, -0.15) is 0 Å². The zero-order chi connectivity index (χ0) is 7.56. The first-order chi connectivity index (χ1) is 4.68. The molecule has 0 bridgehead atoms. The highest BCUT2D eigenvalue weighted by atomic mass is 14.2. The lowest BCUT2D eigenvalue weighted by Crippen LogP contribution is -1.98. The van der Waals surface area contributed by atoms with Crippen molar-refractivity contribution in [1.82, 2.24) is 0 Å². The van der Waals surface area contributed by atoms with Crippen LogP contribution in [0.15, 0.2) is 12.2 Å². The molecule has 0 aliphatic heterocycles. The molecular weight excluding hydrogens is 120 g/mol. The van der Waals surface area contributed by atoms with Gasteiger partial charge in [0.1, 0.15) is 0 Å². The lowest BCUT2D eigenvalue weighted by molar-refractivity contribution is 0.424. The van der Waals surface area contributed by atoms with Crippen LogP contribution in [0.3, 0.4) is 0 Å². The van der Waals surface area contributed by atoms with Crippen molar-refractivity contribution in [2.45, 2.75) is 39.5 Å². The summed E-state index contributed by atoms with van der Waals surface area (Å²) in [4.78, 5) is 0. The second kappa shape index (κ2) is 3.23. The molecule has 0 aromatic heterocycles. The van der Waals surface area contributed by atoms with Gasteiger partial charge in [0.05, 0.1) is 0 Å². The SMILES string of the molecule is C=C1CC[C@H](CC(C)C)C1. The minimum absolute atomic E-state index is 0.871. The van der Waals surface area contributed by atoms with Crippen LogP contribution in [0.4, 0.5) is 0 Å². The molecule has 0 aromatic carbocycles. The molecule has 1 aliphatic carbocycles. The Morgan fingerprint density at radius 1 is 1.60 bits per heavy atom. The van der Waals surface area contributed by atoms with Crippen molar-refractivity contribution in [1.29, 1.82) is 0 Å². The smallest absolute Gasteiger partial charge is 0.0294 e. The van der Waals surface area contributed by atoms with E-state index in [0.29, 0.717) is 0 Å². The summed E-state index contributed by atoms with van der Waals surface area (Å²) in [5.74, 6) is 1.84. The topological polar surface area (TPSA) is 0 Å². The van der Waals surface area contributed by atoms with Gasteiger partial charge >= 0.3 is 0 Å². The van der Waals surface area contributed by atoms with E-state index in [1.54, 1.807) is 0 Å². The van der Waals surface area contributed by atoms with Crippen molar-refractivity contribution in [3.8, 4) is 0 Å². The molecule has 0 spiro atoms. The highest BCUT2D eigenvalue weighted by molar-refractivity contribution is 5.01. The molecule has 58 valence electrons. The van der Waals surface area contributed by atoms with E-state index in [9.17, 15) is 0 Å². The van der Waals surface area contributed by atoms with Gasteiger partial charge in [0, 0.05) is 0 Å². The summed E-state index contributed by atoms with van der Waals surface area (Å²) in [7, 11) is 0. The molecule has 0 aromatic rings. The fourth-order valence-corrected chi connectivity index (χ4v) is 1.89. The molecule has 0 saturated heterocycles. The summed E-state index contributed by atoms with van der Waals surface area (Å²) in [5.41, 5.74) is 1.48. The molecule has 1 atom stereocenters. The molecule has 0 nitrogen and oxygen atoms in total. The Morgan fingerprint density at radius 3 is 2.70 bits per heavy atom. The van der Waals surface area contributed by atoms with Crippen molar-refractivity contribution in [2.24, 2.45) is 11.8 Å². The molecule has 1 saturated carbocycles. The van der Waals surface area contributed by atoms with Gasteiger partial charge < -0.3 is 0 Å². The third kappa shape index (κ3) is 2.17. The largest absolute Gasteiger partial charge is 0.0999 e. The van der Waals surface area contributed by atoms with E-state index in [0.717, 1.165) is 11.8 Å². The fourth-order valence-electron chi connectivity index (χ4n) is 1.89. The van der Waals surface area contributed by atoms with Crippen LogP contribution < -0.4 is 0 Å². The van der Waals surface area contributed by atoms with Crippen molar-refractivity contribution in [2.75, 3.05) is 0 Å². The molecule has 0 amide bonds. The van der Waals surface area contributed by atoms with Gasteiger partial charge in [-0.05, 0) is 37.5 Å². The van der Waals surface area contributed by atoms with Gasteiger partial charge in [-0.15, -0.1) is 0 Å². The summed E-state index contributed by atoms with van der Waals surface area (Å²) >= 11 is 0. The predicted molar refractivity (Wildman–Crippen MR) is 45.9 cm³/mol. The Balaban J connectivity index is 2.24. The molecule has 0 heterocycles. The van der Waals surface area contributed by atoms with E-state index >= 15 is 0 Å². The Hall–Kier alpha value is -0.260. The Morgan fingerprint density at radius 2 is 2.30 bits per heavy atom. The summed E-state index contributed by atoms with van der Waals surface area (Å²) in [6.45, 7) is 8.62. The van der Waals surface area contributed by atoms with Gasteiger partial charge in [0.2, 0.25) is 0 Å². The second-order valence-corrected chi connectivity index (χ2v) is 3.99. The zero-order valence-corrected chi connectivity index (χ0v) is 7.19. The third-order valence-electron chi connectivity index (χ3n) is 2.29. The first-order valence-electron chi connectivity index (χ1n) is 4.35. The van der Waals surface area contributed by atoms with Crippen molar-refractivity contribution < 1.29 is 0 Å². The Labute approximate surface area is 64.3 Å². The Kier molecular flexibility index (Phi) is 2.53. The first-order valence-corrected chi connectivity index (χ1v) is 4.35. The standard InChI is InChI=1S/C10H18/c1-8(2)6-10-5-4-9(3)7-10/h8,10H,3-7H2,1-2H3/t10-/m1/s1. The van der Waals surface area contributed by atoms with Gasteiger partial charge in [-0.25, -0.2) is 0 Å². The van der Waals surface area contributed by atoms with Crippen LogP contribution in [0.2, 0.25) is 0 Å². The van der Waals surface area contributed by atoms with Crippen molar-refractivity contribution in [3.05, 3.63) is 12.2 Å². The zero-order valence-electron chi connectivity index (χ0n) is 7.19. The molecular formula is C10H18. The van der Waals surface area contributed by atoms with E-state index in [1.807, 2.05) is 0 Å². The van der Waals surface area contributed by atoms with Crippen molar-refractivity contribution in [3.63, 3.8) is 0 Å². The molecule has 0 heteroatoms. The average molecular weight is 138 g/mol. The minimum Gasteiger partial charge on any atom is -0.0999 e. The van der Waals surface area contributed by atoms with Crippen LogP contribution in [-0.4, -0.2) is 0 Å². The predicted octanol–water partition coefficient (Wildman–Crippen LogP) is 3.39. The average Bonchev–Trinajstić information content (AvgIpc) is 2.13. The van der Waals surface area contributed by atoms with Crippen LogP contribution in [0, 0.1) is 11.8 Å². The normalized spacial score (nSPS) is 26.3. The fraction of sp³-hybridized carbons (Fsp3) is 0.800. The van der Waals surface area contributed by atoms with E-state index in [2.05, 4.69) is 20.4 Å². The van der Waals surface area contributed by atoms with Gasteiger partial charge in [0.25, 0.3) is 0 Å². The highest BCUT2D eigenvalue weighted by Crippen LogP contribution is 2.32. The maximum atomic E-state index is 4.01. The highest BCUT2D eigenvalue weighted by Gasteiger charge is 2.18. The van der Waals surface area contributed by atoms with E-state index < -0.39 is 0 Å². The molecule has 0 N–H and O–H groups in total. The number of hydrogen-bond donors (Lipinski definition) is 0. The maximum Gasteiger partial charge on any atom is -0.0294 e. The molecule has 1 aliphatic rings. The summed E-state index contributed by atoms with van der Waals surface area (Å²) in [6, 6.07) is 0. The summed E-state index contributed by atoms with van der Waals surface area (Å²) in [5, 5.41) is 0. The van der Waals surface area contributed by atoms with Crippen LogP contribution in [0.25, 0.3) is 0 Å². The molecule has 10 heavy (non-hydrogen) atoms. The number of hydrogen-bond acceptors (Lipinski definition) is 0. The third-order valence-corrected chi connectivity index (χ3v) is 2.29.